The van der Waals surface area contributed by atoms with Crippen molar-refractivity contribution < 1.29 is 31.2 Å². The van der Waals surface area contributed by atoms with Crippen molar-refractivity contribution in [2.24, 2.45) is 0 Å². The number of hydrogen-bond acceptors (Lipinski definition) is 5. The van der Waals surface area contributed by atoms with E-state index in [-0.39, 0.29) is 31.3 Å². The van der Waals surface area contributed by atoms with Crippen LogP contribution in [0.15, 0.2) is 59.0 Å². The van der Waals surface area contributed by atoms with Crippen LogP contribution in [0.1, 0.15) is 5.76 Å². The van der Waals surface area contributed by atoms with E-state index in [4.69, 9.17) is 51.4 Å². The summed E-state index contributed by atoms with van der Waals surface area (Å²) >= 11 is 23.8. The Hall–Kier alpha value is -3.84. The van der Waals surface area contributed by atoms with Crippen molar-refractivity contribution in [2.75, 3.05) is 41.3 Å². The van der Waals surface area contributed by atoms with Gasteiger partial charge in [0, 0.05) is 53.6 Å². The number of benzene rings is 3. The van der Waals surface area contributed by atoms with Crippen LogP contribution in [-0.2, 0) is 4.79 Å². The number of nitrogens with one attached hydrogen (secondary N) is 2. The lowest BCUT2D eigenvalue weighted by molar-refractivity contribution is -0.115. The first-order chi connectivity index (χ1) is 21.4. The van der Waals surface area contributed by atoms with Gasteiger partial charge in [-0.25, -0.2) is 22.0 Å². The normalized spacial score (nSPS) is 13.4. The molecular formula is C30H20Cl3F5N4O2S. The van der Waals surface area contributed by atoms with Gasteiger partial charge in [0.1, 0.15) is 17.2 Å². The molecule has 6 nitrogen and oxygen atoms in total. The Bertz CT molecular complexity index is 1780. The summed E-state index contributed by atoms with van der Waals surface area (Å²) in [7, 11) is 0. The average Bonchev–Trinajstić information content (AvgIpc) is 3.47. The summed E-state index contributed by atoms with van der Waals surface area (Å²) in [5, 5.41) is 6.58. The van der Waals surface area contributed by atoms with E-state index in [1.807, 2.05) is 0 Å². The minimum Gasteiger partial charge on any atom is -0.457 e. The lowest BCUT2D eigenvalue weighted by atomic mass is 10.2. The number of furan rings is 1. The summed E-state index contributed by atoms with van der Waals surface area (Å²) in [6, 6.07) is 13.3. The first kappa shape index (κ1) is 32.6. The van der Waals surface area contributed by atoms with E-state index in [9.17, 15) is 26.7 Å². The summed E-state index contributed by atoms with van der Waals surface area (Å²) in [6.07, 6.45) is 2.70. The molecule has 1 fully saturated rings. The highest BCUT2D eigenvalue weighted by Gasteiger charge is 2.31. The molecule has 234 valence electrons. The van der Waals surface area contributed by atoms with Crippen molar-refractivity contribution in [2.45, 2.75) is 0 Å². The molecule has 0 atom stereocenters. The molecule has 1 aliphatic rings. The van der Waals surface area contributed by atoms with Gasteiger partial charge in [-0.05, 0) is 66.8 Å². The van der Waals surface area contributed by atoms with Crippen LogP contribution in [0.5, 0.6) is 0 Å². The molecule has 1 aliphatic heterocycles. The van der Waals surface area contributed by atoms with Gasteiger partial charge in [0.05, 0.1) is 10.7 Å². The number of thiocarbonyl (C=S) groups is 1. The zero-order chi connectivity index (χ0) is 32.4. The monoisotopic (exact) mass is 700 g/mol. The Morgan fingerprint density at radius 1 is 0.800 bits per heavy atom. The smallest absolute Gasteiger partial charge is 0.250 e. The van der Waals surface area contributed by atoms with Gasteiger partial charge in [-0.15, -0.1) is 0 Å². The summed E-state index contributed by atoms with van der Waals surface area (Å²) in [6.45, 7) is 0.340. The van der Waals surface area contributed by atoms with Gasteiger partial charge in [0.2, 0.25) is 11.7 Å². The van der Waals surface area contributed by atoms with Crippen LogP contribution in [-0.4, -0.2) is 37.2 Å². The van der Waals surface area contributed by atoms with E-state index in [0.29, 0.717) is 43.5 Å². The fourth-order valence-electron chi connectivity index (χ4n) is 4.65. The maximum Gasteiger partial charge on any atom is 0.250 e. The third-order valence-electron chi connectivity index (χ3n) is 6.74. The molecule has 0 spiro atoms. The molecule has 0 saturated carbocycles. The number of amides is 1. The second kappa shape index (κ2) is 13.7. The number of rotatable bonds is 6. The summed E-state index contributed by atoms with van der Waals surface area (Å²) < 4.78 is 75.0. The van der Waals surface area contributed by atoms with Crippen LogP contribution >= 0.6 is 47.0 Å². The van der Waals surface area contributed by atoms with Gasteiger partial charge >= 0.3 is 0 Å². The summed E-state index contributed by atoms with van der Waals surface area (Å²) in [5.74, 6) is -9.53. The van der Waals surface area contributed by atoms with Gasteiger partial charge in [-0.1, -0.05) is 34.8 Å². The number of carbonyl (C=O) groups is 1. The van der Waals surface area contributed by atoms with E-state index >= 15 is 0 Å². The third kappa shape index (κ3) is 7.36. The zero-order valence-electron chi connectivity index (χ0n) is 22.7. The Balaban J connectivity index is 1.15. The average molecular weight is 702 g/mol. The van der Waals surface area contributed by atoms with Gasteiger partial charge in [-0.3, -0.25) is 10.1 Å². The van der Waals surface area contributed by atoms with Gasteiger partial charge in [0.15, 0.2) is 28.4 Å². The van der Waals surface area contributed by atoms with E-state index in [1.165, 1.54) is 12.2 Å². The van der Waals surface area contributed by atoms with Crippen LogP contribution in [0.4, 0.5) is 39.0 Å². The molecule has 2 N–H and O–H groups in total. The molecule has 0 aliphatic carbocycles. The topological polar surface area (TPSA) is 60.8 Å². The van der Waals surface area contributed by atoms with Crippen LogP contribution in [0, 0.1) is 29.1 Å². The van der Waals surface area contributed by atoms with Crippen molar-refractivity contribution in [1.29, 1.82) is 0 Å². The Labute approximate surface area is 273 Å². The molecular weight excluding hydrogens is 682 g/mol. The molecule has 3 aromatic carbocycles. The van der Waals surface area contributed by atoms with Crippen LogP contribution in [0.2, 0.25) is 15.1 Å². The maximum atomic E-state index is 14.2. The number of halogens is 8. The number of nitrogens with zero attached hydrogens (tertiary/aromatic N) is 2. The Kier molecular flexibility index (Phi) is 9.88. The van der Waals surface area contributed by atoms with Crippen LogP contribution < -0.4 is 20.4 Å². The predicted octanol–water partition coefficient (Wildman–Crippen LogP) is 8.46. The molecule has 5 rings (SSSR count). The minimum atomic E-state index is -2.20. The van der Waals surface area contributed by atoms with Crippen LogP contribution in [0.3, 0.4) is 0 Å². The number of hydrogen-bond donors (Lipinski definition) is 2. The predicted molar refractivity (Wildman–Crippen MR) is 170 cm³/mol. The third-order valence-corrected chi connectivity index (χ3v) is 7.68. The fourth-order valence-corrected chi connectivity index (χ4v) is 5.69. The molecule has 1 aromatic heterocycles. The maximum absolute atomic E-state index is 14.2. The van der Waals surface area contributed by atoms with Crippen molar-refractivity contribution in [1.82, 2.24) is 5.32 Å². The lowest BCUT2D eigenvalue weighted by Crippen LogP contribution is -2.47. The number of anilines is 3. The standard InChI is InChI=1S/C30H20Cl3F5N4O2S/c31-16-11-15(12-17(32)13-16)22-5-2-19(44-22)3-6-23(43)40-30(45)39-18-1-4-21(20(33)14-18)41-7-9-42(10-8-41)29-27(37)25(35)24(34)26(36)28(29)38/h1-6,11-14H,7-10H2,(H2,39,40,43,45)/b6-3+. The molecule has 1 saturated heterocycles. The van der Waals surface area contributed by atoms with E-state index in [2.05, 4.69) is 10.6 Å². The van der Waals surface area contributed by atoms with Crippen molar-refractivity contribution in [3.05, 3.63) is 105 Å². The fraction of sp³-hybridized carbons (Fsp3) is 0.133. The first-order valence-corrected chi connectivity index (χ1v) is 14.6. The van der Waals surface area contributed by atoms with Crippen molar-refractivity contribution >= 4 is 81.2 Å². The minimum absolute atomic E-state index is 0.00130. The second-order valence-corrected chi connectivity index (χ2v) is 11.4. The van der Waals surface area contributed by atoms with Crippen molar-refractivity contribution in [3.8, 4) is 11.3 Å². The number of carbonyl (C=O) groups excluding carboxylic acids is 1. The van der Waals surface area contributed by atoms with E-state index in [1.54, 1.807) is 53.4 Å². The zero-order valence-corrected chi connectivity index (χ0v) is 25.8. The Morgan fingerprint density at radius 3 is 2.02 bits per heavy atom. The summed E-state index contributed by atoms with van der Waals surface area (Å²) in [4.78, 5) is 15.3. The van der Waals surface area contributed by atoms with Crippen LogP contribution in [0.25, 0.3) is 17.4 Å². The number of piperazine rings is 1. The molecule has 45 heavy (non-hydrogen) atoms. The highest BCUT2D eigenvalue weighted by atomic mass is 35.5. The highest BCUT2D eigenvalue weighted by Crippen LogP contribution is 2.34. The molecule has 15 heteroatoms. The molecule has 0 radical (unpaired) electrons. The van der Waals surface area contributed by atoms with E-state index in [0.717, 1.165) is 4.90 Å². The van der Waals surface area contributed by atoms with Gasteiger partial charge in [-0.2, -0.15) is 0 Å². The SMILES string of the molecule is O=C(/C=C/c1ccc(-c2cc(Cl)cc(Cl)c2)o1)NC(=S)Nc1ccc(N2CCN(c3c(F)c(F)c(F)c(F)c3F)CC2)c(Cl)c1. The molecule has 0 unspecified atom stereocenters. The first-order valence-electron chi connectivity index (χ1n) is 13.1. The Morgan fingerprint density at radius 2 is 1.40 bits per heavy atom. The summed E-state index contributed by atoms with van der Waals surface area (Å²) in [5.41, 5.74) is 0.765. The quantitative estimate of drug-likeness (QED) is 0.0692. The lowest BCUT2D eigenvalue weighted by Gasteiger charge is -2.38. The highest BCUT2D eigenvalue weighted by molar-refractivity contribution is 7.80. The molecule has 1 amide bonds. The van der Waals surface area contributed by atoms with Gasteiger partial charge < -0.3 is 19.5 Å². The van der Waals surface area contributed by atoms with E-state index < -0.39 is 40.7 Å². The largest absolute Gasteiger partial charge is 0.457 e. The molecule has 0 bridgehead atoms. The van der Waals surface area contributed by atoms with Crippen molar-refractivity contribution in [3.63, 3.8) is 0 Å². The molecule has 2 heterocycles. The van der Waals surface area contributed by atoms with Gasteiger partial charge in [0.25, 0.3) is 0 Å². The second-order valence-electron chi connectivity index (χ2n) is 9.70. The molecule has 4 aromatic rings.